The highest BCUT2D eigenvalue weighted by Crippen LogP contribution is 2.31. The second-order valence-corrected chi connectivity index (χ2v) is 7.63. The highest BCUT2D eigenvalue weighted by atomic mass is 32.2. The fourth-order valence-corrected chi connectivity index (χ4v) is 3.15. The van der Waals surface area contributed by atoms with Crippen LogP contribution in [0.2, 0.25) is 0 Å². The van der Waals surface area contributed by atoms with Gasteiger partial charge in [0.1, 0.15) is 17.5 Å². The normalized spacial score (nSPS) is 11.9. The summed E-state index contributed by atoms with van der Waals surface area (Å²) in [6.07, 6.45) is 2.77. The van der Waals surface area contributed by atoms with Crippen LogP contribution in [0.3, 0.4) is 0 Å². The lowest BCUT2D eigenvalue weighted by Crippen LogP contribution is -1.96. The lowest BCUT2D eigenvalue weighted by atomic mass is 10.1. The van der Waals surface area contributed by atoms with E-state index in [4.69, 9.17) is 8.83 Å². The number of hydrogen-bond donors (Lipinski definition) is 0. The molecule has 3 aromatic heterocycles. The first-order valence-electron chi connectivity index (χ1n) is 7.41. The molecule has 0 atom stereocenters. The van der Waals surface area contributed by atoms with Crippen LogP contribution in [-0.2, 0) is 9.84 Å². The number of fused-ring (bicyclic) bond motifs is 1. The number of pyridine rings is 1. The van der Waals surface area contributed by atoms with Crippen molar-refractivity contribution in [2.45, 2.75) is 11.8 Å². The van der Waals surface area contributed by atoms with E-state index in [0.717, 1.165) is 11.1 Å². The number of rotatable bonds is 3. The molecule has 25 heavy (non-hydrogen) atoms. The van der Waals surface area contributed by atoms with Crippen molar-refractivity contribution < 1.29 is 17.3 Å². The molecule has 0 saturated carbocycles. The van der Waals surface area contributed by atoms with Gasteiger partial charge >= 0.3 is 0 Å². The van der Waals surface area contributed by atoms with Crippen molar-refractivity contribution in [2.75, 3.05) is 6.26 Å². The number of benzene rings is 1. The van der Waals surface area contributed by atoms with Crippen LogP contribution < -0.4 is 0 Å². The number of nitrogens with zero attached hydrogens (tertiary/aromatic N) is 3. The highest BCUT2D eigenvalue weighted by molar-refractivity contribution is 7.90. The van der Waals surface area contributed by atoms with Crippen LogP contribution >= 0.6 is 0 Å². The topological polar surface area (TPSA) is 99.1 Å². The molecule has 0 aliphatic rings. The van der Waals surface area contributed by atoms with Gasteiger partial charge in [-0.15, -0.1) is 10.2 Å². The van der Waals surface area contributed by atoms with Gasteiger partial charge in [0.05, 0.1) is 4.90 Å². The summed E-state index contributed by atoms with van der Waals surface area (Å²) in [5, 5.41) is 7.78. The average molecular weight is 355 g/mol. The Morgan fingerprint density at radius 2 is 1.76 bits per heavy atom. The Hall–Kier alpha value is -3.00. The second-order valence-electron chi connectivity index (χ2n) is 5.62. The molecule has 0 N–H and O–H groups in total. The maximum atomic E-state index is 11.6. The van der Waals surface area contributed by atoms with E-state index >= 15 is 0 Å². The molecule has 0 aliphatic carbocycles. The van der Waals surface area contributed by atoms with E-state index in [-0.39, 0.29) is 4.90 Å². The van der Waals surface area contributed by atoms with Crippen LogP contribution in [0.5, 0.6) is 0 Å². The summed E-state index contributed by atoms with van der Waals surface area (Å²) < 4.78 is 34.1. The number of furan rings is 1. The third-order valence-electron chi connectivity index (χ3n) is 3.76. The summed E-state index contributed by atoms with van der Waals surface area (Å²) in [6.45, 7) is 1.71. The van der Waals surface area contributed by atoms with Crippen molar-refractivity contribution >= 4 is 20.9 Å². The minimum absolute atomic E-state index is 0.263. The van der Waals surface area contributed by atoms with E-state index in [1.807, 2.05) is 0 Å². The molecule has 0 fully saturated rings. The molecule has 0 amide bonds. The van der Waals surface area contributed by atoms with Gasteiger partial charge in [-0.05, 0) is 29.8 Å². The van der Waals surface area contributed by atoms with Crippen LogP contribution in [0.1, 0.15) is 5.89 Å². The molecule has 4 rings (SSSR count). The van der Waals surface area contributed by atoms with Gasteiger partial charge in [-0.25, -0.2) is 13.4 Å². The zero-order chi connectivity index (χ0) is 17.6. The number of sulfone groups is 1. The monoisotopic (exact) mass is 355 g/mol. The van der Waals surface area contributed by atoms with Crippen molar-refractivity contribution in [3.8, 4) is 22.7 Å². The Bertz CT molecular complexity index is 1170. The molecule has 0 spiro atoms. The van der Waals surface area contributed by atoms with Crippen molar-refractivity contribution in [3.05, 3.63) is 48.6 Å². The maximum Gasteiger partial charge on any atom is 0.266 e. The first kappa shape index (κ1) is 15.5. The SMILES string of the molecule is Cc1nnc(-c2ccc3occ(-c4ccc(S(C)(=O)=O)cc4)c3n2)o1. The smallest absolute Gasteiger partial charge is 0.266 e. The standard InChI is InChI=1S/C17H13N3O4S/c1-10-19-20-17(24-10)14-7-8-15-16(18-14)13(9-23-15)11-3-5-12(6-4-11)25(2,21)22/h3-9H,1-2H3. The minimum atomic E-state index is -3.24. The van der Waals surface area contributed by atoms with E-state index in [2.05, 4.69) is 15.2 Å². The Balaban J connectivity index is 1.82. The van der Waals surface area contributed by atoms with Gasteiger partial charge in [-0.1, -0.05) is 12.1 Å². The molecule has 7 nitrogen and oxygen atoms in total. The molecule has 0 saturated heterocycles. The fraction of sp³-hybridized carbons (Fsp3) is 0.118. The lowest BCUT2D eigenvalue weighted by Gasteiger charge is -2.02. The third-order valence-corrected chi connectivity index (χ3v) is 4.88. The summed E-state index contributed by atoms with van der Waals surface area (Å²) in [4.78, 5) is 4.82. The second kappa shape index (κ2) is 5.52. The van der Waals surface area contributed by atoms with Crippen LogP contribution in [0.25, 0.3) is 33.8 Å². The minimum Gasteiger partial charge on any atom is -0.462 e. The van der Waals surface area contributed by atoms with Gasteiger partial charge in [0.2, 0.25) is 5.89 Å². The van der Waals surface area contributed by atoms with Gasteiger partial charge < -0.3 is 8.83 Å². The molecule has 0 bridgehead atoms. The predicted octanol–water partition coefficient (Wildman–Crippen LogP) is 3.26. The zero-order valence-electron chi connectivity index (χ0n) is 13.4. The van der Waals surface area contributed by atoms with E-state index < -0.39 is 9.84 Å². The zero-order valence-corrected chi connectivity index (χ0v) is 14.2. The summed E-state index contributed by atoms with van der Waals surface area (Å²) in [5.74, 6) is 0.791. The Morgan fingerprint density at radius 3 is 2.40 bits per heavy atom. The van der Waals surface area contributed by atoms with Gasteiger partial charge in [0.15, 0.2) is 15.4 Å². The highest BCUT2D eigenvalue weighted by Gasteiger charge is 2.15. The molecule has 0 radical (unpaired) electrons. The third kappa shape index (κ3) is 2.80. The first-order valence-corrected chi connectivity index (χ1v) is 9.30. The molecule has 126 valence electrons. The fourth-order valence-electron chi connectivity index (χ4n) is 2.52. The van der Waals surface area contributed by atoms with E-state index in [1.54, 1.807) is 49.6 Å². The molecular formula is C17H13N3O4S. The Labute approximate surface area is 143 Å². The molecule has 8 heteroatoms. The predicted molar refractivity (Wildman–Crippen MR) is 90.6 cm³/mol. The van der Waals surface area contributed by atoms with Crippen molar-refractivity contribution in [1.29, 1.82) is 0 Å². The summed E-state index contributed by atoms with van der Waals surface area (Å²) in [6, 6.07) is 10.1. The summed E-state index contributed by atoms with van der Waals surface area (Å²) in [5.41, 5.74) is 3.36. The summed E-state index contributed by atoms with van der Waals surface area (Å²) in [7, 11) is -3.24. The van der Waals surface area contributed by atoms with Crippen LogP contribution in [0.15, 0.2) is 56.4 Å². The average Bonchev–Trinajstić information content (AvgIpc) is 3.19. The van der Waals surface area contributed by atoms with Crippen LogP contribution in [0.4, 0.5) is 0 Å². The number of aromatic nitrogens is 3. The molecule has 0 unspecified atom stereocenters. The van der Waals surface area contributed by atoms with E-state index in [9.17, 15) is 8.42 Å². The van der Waals surface area contributed by atoms with Crippen molar-refractivity contribution in [1.82, 2.24) is 15.2 Å². The van der Waals surface area contributed by atoms with Gasteiger partial charge in [0, 0.05) is 18.7 Å². The molecule has 1 aromatic carbocycles. The summed E-state index contributed by atoms with van der Waals surface area (Å²) >= 11 is 0. The molecule has 3 heterocycles. The van der Waals surface area contributed by atoms with E-state index in [0.29, 0.717) is 28.6 Å². The molecular weight excluding hydrogens is 342 g/mol. The number of aryl methyl sites for hydroxylation is 1. The Morgan fingerprint density at radius 1 is 1.00 bits per heavy atom. The quantitative estimate of drug-likeness (QED) is 0.556. The largest absolute Gasteiger partial charge is 0.462 e. The maximum absolute atomic E-state index is 11.6. The van der Waals surface area contributed by atoms with Crippen molar-refractivity contribution in [3.63, 3.8) is 0 Å². The van der Waals surface area contributed by atoms with E-state index in [1.165, 1.54) is 6.26 Å². The van der Waals surface area contributed by atoms with Crippen LogP contribution in [-0.4, -0.2) is 29.9 Å². The van der Waals surface area contributed by atoms with Gasteiger partial charge in [-0.2, -0.15) is 0 Å². The first-order chi connectivity index (χ1) is 11.9. The van der Waals surface area contributed by atoms with Crippen molar-refractivity contribution in [2.24, 2.45) is 0 Å². The van der Waals surface area contributed by atoms with Gasteiger partial charge in [-0.3, -0.25) is 0 Å². The van der Waals surface area contributed by atoms with Gasteiger partial charge in [0.25, 0.3) is 5.89 Å². The molecule has 0 aliphatic heterocycles. The van der Waals surface area contributed by atoms with Crippen LogP contribution in [0, 0.1) is 6.92 Å². The number of hydrogen-bond acceptors (Lipinski definition) is 7. The molecule has 4 aromatic rings. The Kier molecular flexibility index (Phi) is 3.43. The lowest BCUT2D eigenvalue weighted by molar-refractivity contribution is 0.531.